The van der Waals surface area contributed by atoms with E-state index >= 15 is 0 Å². The minimum atomic E-state index is -0.988. The first kappa shape index (κ1) is 7.98. The van der Waals surface area contributed by atoms with Gasteiger partial charge in [-0.3, -0.25) is 0 Å². The van der Waals surface area contributed by atoms with Crippen molar-refractivity contribution in [3.8, 4) is 0 Å². The summed E-state index contributed by atoms with van der Waals surface area (Å²) in [6.07, 6.45) is 1.01. The Balaban J connectivity index is 3.75. The van der Waals surface area contributed by atoms with Crippen molar-refractivity contribution in [1.29, 1.82) is 0 Å². The molecular formula is C4H4BrClO2. The summed E-state index contributed by atoms with van der Waals surface area (Å²) < 4.78 is 0.478. The van der Waals surface area contributed by atoms with Crippen molar-refractivity contribution in [3.63, 3.8) is 0 Å². The molecule has 4 heteroatoms. The van der Waals surface area contributed by atoms with E-state index in [0.29, 0.717) is 4.48 Å². The highest BCUT2D eigenvalue weighted by Gasteiger charge is 1.91. The molecule has 0 atom stereocenters. The molecular weight excluding hydrogens is 195 g/mol. The average Bonchev–Trinajstić information content (AvgIpc) is 1.65. The largest absolute Gasteiger partial charge is 0.478 e. The van der Waals surface area contributed by atoms with Crippen LogP contribution in [0.5, 0.6) is 0 Å². The molecule has 0 aliphatic rings. The number of hydrogen-bond acceptors (Lipinski definition) is 1. The second kappa shape index (κ2) is 3.92. The molecule has 0 heterocycles. The summed E-state index contributed by atoms with van der Waals surface area (Å²) in [4.78, 5) is 9.80. The molecule has 0 fully saturated rings. The lowest BCUT2D eigenvalue weighted by Crippen LogP contribution is -1.88. The van der Waals surface area contributed by atoms with E-state index in [-0.39, 0.29) is 5.88 Å². The van der Waals surface area contributed by atoms with Gasteiger partial charge in [0, 0.05) is 10.6 Å². The third-order valence-corrected chi connectivity index (χ3v) is 1.53. The first-order valence-electron chi connectivity index (χ1n) is 1.81. The summed E-state index contributed by atoms with van der Waals surface area (Å²) in [5, 5.41) is 8.05. The van der Waals surface area contributed by atoms with Crippen LogP contribution in [-0.2, 0) is 4.79 Å². The van der Waals surface area contributed by atoms with E-state index in [1.54, 1.807) is 0 Å². The van der Waals surface area contributed by atoms with E-state index < -0.39 is 5.97 Å². The first-order chi connectivity index (χ1) is 3.66. The van der Waals surface area contributed by atoms with Crippen LogP contribution >= 0.6 is 27.5 Å². The Kier molecular flexibility index (Phi) is 3.91. The Morgan fingerprint density at radius 3 is 2.50 bits per heavy atom. The normalized spacial score (nSPS) is 11.5. The number of carboxylic acid groups (broad SMARTS) is 1. The third-order valence-electron chi connectivity index (χ3n) is 0.408. The van der Waals surface area contributed by atoms with E-state index in [2.05, 4.69) is 15.9 Å². The predicted molar refractivity (Wildman–Crippen MR) is 35.4 cm³/mol. The second-order valence-electron chi connectivity index (χ2n) is 1.06. The molecule has 8 heavy (non-hydrogen) atoms. The minimum absolute atomic E-state index is 0.201. The van der Waals surface area contributed by atoms with E-state index in [4.69, 9.17) is 16.7 Å². The highest BCUT2D eigenvalue weighted by Crippen LogP contribution is 2.05. The molecule has 0 aliphatic carbocycles. The molecule has 46 valence electrons. The second-order valence-corrected chi connectivity index (χ2v) is 2.35. The van der Waals surface area contributed by atoms with Gasteiger partial charge in [-0.1, -0.05) is 15.9 Å². The van der Waals surface area contributed by atoms with E-state index in [9.17, 15) is 4.79 Å². The molecule has 1 N–H and O–H groups in total. The molecule has 0 spiro atoms. The Bertz CT molecular complexity index is 121. The summed E-state index contributed by atoms with van der Waals surface area (Å²) in [7, 11) is 0. The van der Waals surface area contributed by atoms with Gasteiger partial charge in [0.05, 0.1) is 5.88 Å². The van der Waals surface area contributed by atoms with Crippen LogP contribution in [0.15, 0.2) is 10.6 Å². The maximum Gasteiger partial charge on any atom is 0.329 e. The number of halogens is 2. The van der Waals surface area contributed by atoms with Crippen LogP contribution in [0.25, 0.3) is 0 Å². The molecule has 0 rings (SSSR count). The first-order valence-corrected chi connectivity index (χ1v) is 3.14. The SMILES string of the molecule is O=C(O)/C=C(/Br)CCl. The lowest BCUT2D eigenvalue weighted by atomic mass is 10.5. The molecule has 0 aromatic carbocycles. The van der Waals surface area contributed by atoms with Crippen LogP contribution in [0.4, 0.5) is 0 Å². The van der Waals surface area contributed by atoms with Gasteiger partial charge in [0.1, 0.15) is 0 Å². The van der Waals surface area contributed by atoms with Gasteiger partial charge in [0.2, 0.25) is 0 Å². The van der Waals surface area contributed by atoms with Crippen LogP contribution in [0, 0.1) is 0 Å². The van der Waals surface area contributed by atoms with Crippen LogP contribution in [0.2, 0.25) is 0 Å². The number of carbonyl (C=O) groups is 1. The summed E-state index contributed by atoms with van der Waals surface area (Å²) in [5.41, 5.74) is 0. The standard InChI is InChI=1S/C4H4BrClO2/c5-3(2-6)1-4(7)8/h1H,2H2,(H,7,8)/b3-1+. The number of alkyl halides is 1. The Labute approximate surface area is 60.3 Å². The van der Waals surface area contributed by atoms with Crippen molar-refractivity contribution in [3.05, 3.63) is 10.6 Å². The topological polar surface area (TPSA) is 37.3 Å². The molecule has 0 aliphatic heterocycles. The average molecular weight is 199 g/mol. The van der Waals surface area contributed by atoms with Crippen molar-refractivity contribution in [2.45, 2.75) is 0 Å². The molecule has 0 saturated carbocycles. The minimum Gasteiger partial charge on any atom is -0.478 e. The van der Waals surface area contributed by atoms with E-state index in [1.807, 2.05) is 0 Å². The molecule has 0 unspecified atom stereocenters. The fraction of sp³-hybridized carbons (Fsp3) is 0.250. The van der Waals surface area contributed by atoms with Gasteiger partial charge in [-0.2, -0.15) is 0 Å². The Morgan fingerprint density at radius 1 is 1.88 bits per heavy atom. The van der Waals surface area contributed by atoms with Gasteiger partial charge < -0.3 is 5.11 Å². The predicted octanol–water partition coefficient (Wildman–Crippen LogP) is 1.59. The summed E-state index contributed by atoms with van der Waals surface area (Å²) in [5.74, 6) is -0.788. The third kappa shape index (κ3) is 4.15. The van der Waals surface area contributed by atoms with Gasteiger partial charge in [-0.15, -0.1) is 11.6 Å². The maximum absolute atomic E-state index is 9.80. The highest BCUT2D eigenvalue weighted by atomic mass is 79.9. The molecule has 0 saturated heterocycles. The summed E-state index contributed by atoms with van der Waals surface area (Å²) >= 11 is 8.14. The zero-order valence-electron chi connectivity index (χ0n) is 3.90. The van der Waals surface area contributed by atoms with Crippen molar-refractivity contribution in [2.75, 3.05) is 5.88 Å². The van der Waals surface area contributed by atoms with Gasteiger partial charge >= 0.3 is 5.97 Å². The zero-order chi connectivity index (χ0) is 6.57. The molecule has 0 aromatic heterocycles. The smallest absolute Gasteiger partial charge is 0.329 e. The Morgan fingerprint density at radius 2 is 2.38 bits per heavy atom. The number of hydrogen-bond donors (Lipinski definition) is 1. The van der Waals surface area contributed by atoms with E-state index in [0.717, 1.165) is 6.08 Å². The van der Waals surface area contributed by atoms with Crippen molar-refractivity contribution >= 4 is 33.5 Å². The van der Waals surface area contributed by atoms with Crippen molar-refractivity contribution in [1.82, 2.24) is 0 Å². The Hall–Kier alpha value is -0.0200. The molecule has 2 nitrogen and oxygen atoms in total. The van der Waals surface area contributed by atoms with Crippen molar-refractivity contribution < 1.29 is 9.90 Å². The molecule has 0 amide bonds. The van der Waals surface area contributed by atoms with E-state index in [1.165, 1.54) is 0 Å². The molecule has 0 radical (unpaired) electrons. The monoisotopic (exact) mass is 198 g/mol. The van der Waals surface area contributed by atoms with Crippen LogP contribution in [0.1, 0.15) is 0 Å². The number of aliphatic carboxylic acids is 1. The van der Waals surface area contributed by atoms with Crippen LogP contribution in [0.3, 0.4) is 0 Å². The number of allylic oxidation sites excluding steroid dienone is 1. The van der Waals surface area contributed by atoms with Gasteiger partial charge in [-0.25, -0.2) is 4.79 Å². The fourth-order valence-electron chi connectivity index (χ4n) is 0.173. The number of carboxylic acids is 1. The maximum atomic E-state index is 9.80. The zero-order valence-corrected chi connectivity index (χ0v) is 6.24. The molecule has 0 bridgehead atoms. The lowest BCUT2D eigenvalue weighted by molar-refractivity contribution is -0.131. The van der Waals surface area contributed by atoms with Gasteiger partial charge in [0.15, 0.2) is 0 Å². The van der Waals surface area contributed by atoms with Gasteiger partial charge in [-0.05, 0) is 0 Å². The fourth-order valence-corrected chi connectivity index (χ4v) is 0.446. The summed E-state index contributed by atoms with van der Waals surface area (Å²) in [6.45, 7) is 0. The quantitative estimate of drug-likeness (QED) is 0.542. The number of rotatable bonds is 2. The van der Waals surface area contributed by atoms with Crippen LogP contribution in [-0.4, -0.2) is 17.0 Å². The summed E-state index contributed by atoms with van der Waals surface area (Å²) in [6, 6.07) is 0. The lowest BCUT2D eigenvalue weighted by Gasteiger charge is -1.83. The van der Waals surface area contributed by atoms with Crippen LogP contribution < -0.4 is 0 Å². The highest BCUT2D eigenvalue weighted by molar-refractivity contribution is 9.11. The van der Waals surface area contributed by atoms with Crippen molar-refractivity contribution in [2.24, 2.45) is 0 Å². The molecule has 0 aromatic rings. The van der Waals surface area contributed by atoms with Gasteiger partial charge in [0.25, 0.3) is 0 Å².